The maximum absolute atomic E-state index is 13.3. The quantitative estimate of drug-likeness (QED) is 0.735. The van der Waals surface area contributed by atoms with Gasteiger partial charge in [-0.3, -0.25) is 4.79 Å². The summed E-state index contributed by atoms with van der Waals surface area (Å²) in [5.41, 5.74) is 1.71. The standard InChI is InChI=1S/C19H23BClN3O3/c1-3-14(11-4-5-11)24-10-16(21)22-18(19(24)25)23-6-7-27-15-9-12(26-2)8-13(20)17(15)23/h8-11,14H,3-7,20H2,1-2H3/t14-/m1/s1. The van der Waals surface area contributed by atoms with Crippen molar-refractivity contribution in [3.8, 4) is 11.5 Å². The summed E-state index contributed by atoms with van der Waals surface area (Å²) in [7, 11) is 3.60. The summed E-state index contributed by atoms with van der Waals surface area (Å²) in [5, 5.41) is 0.336. The minimum absolute atomic E-state index is 0.0961. The Kier molecular flexibility index (Phi) is 4.80. The highest BCUT2D eigenvalue weighted by molar-refractivity contribution is 6.37. The zero-order valence-corrected chi connectivity index (χ0v) is 16.6. The molecule has 0 bridgehead atoms. The lowest BCUT2D eigenvalue weighted by atomic mass is 9.92. The van der Waals surface area contributed by atoms with E-state index in [1.54, 1.807) is 17.9 Å². The third-order valence-electron chi connectivity index (χ3n) is 5.40. The Morgan fingerprint density at radius 3 is 2.89 bits per heavy atom. The number of rotatable bonds is 5. The topological polar surface area (TPSA) is 56.6 Å². The maximum atomic E-state index is 13.3. The molecule has 0 N–H and O–H groups in total. The summed E-state index contributed by atoms with van der Waals surface area (Å²) in [6, 6.07) is 3.95. The van der Waals surface area contributed by atoms with Gasteiger partial charge >= 0.3 is 0 Å². The van der Waals surface area contributed by atoms with Crippen LogP contribution >= 0.6 is 11.6 Å². The van der Waals surface area contributed by atoms with E-state index in [0.29, 0.717) is 35.8 Å². The molecule has 1 aliphatic heterocycles. The number of anilines is 2. The monoisotopic (exact) mass is 387 g/mol. The predicted molar refractivity (Wildman–Crippen MR) is 109 cm³/mol. The molecule has 1 aromatic heterocycles. The molecule has 1 aromatic carbocycles. The molecule has 27 heavy (non-hydrogen) atoms. The van der Waals surface area contributed by atoms with Gasteiger partial charge in [0.25, 0.3) is 5.56 Å². The molecule has 0 amide bonds. The molecule has 0 unspecified atom stereocenters. The summed E-state index contributed by atoms with van der Waals surface area (Å²) in [5.74, 6) is 2.34. The summed E-state index contributed by atoms with van der Waals surface area (Å²) in [6.45, 7) is 3.12. The van der Waals surface area contributed by atoms with Gasteiger partial charge in [0.15, 0.2) is 0 Å². The van der Waals surface area contributed by atoms with E-state index >= 15 is 0 Å². The third-order valence-corrected chi connectivity index (χ3v) is 5.58. The molecule has 1 atom stereocenters. The van der Waals surface area contributed by atoms with Gasteiger partial charge in [-0.1, -0.05) is 24.0 Å². The Balaban J connectivity index is 1.84. The zero-order valence-electron chi connectivity index (χ0n) is 15.9. The van der Waals surface area contributed by atoms with E-state index in [2.05, 4.69) is 11.9 Å². The SMILES string of the molecule is Bc1cc(OC)cc2c1N(c1nc(Cl)cn([C@H](CC)C3CC3)c1=O)CCO2. The van der Waals surface area contributed by atoms with E-state index in [1.807, 2.05) is 24.9 Å². The molecule has 8 heteroatoms. The normalized spacial score (nSPS) is 17.2. The Bertz CT molecular complexity index is 929. The van der Waals surface area contributed by atoms with Crippen LogP contribution in [0.25, 0.3) is 0 Å². The van der Waals surface area contributed by atoms with Crippen LogP contribution in [0.15, 0.2) is 23.1 Å². The predicted octanol–water partition coefficient (Wildman–Crippen LogP) is 2.06. The van der Waals surface area contributed by atoms with E-state index < -0.39 is 0 Å². The average molecular weight is 388 g/mol. The second-order valence-corrected chi connectivity index (χ2v) is 7.59. The van der Waals surface area contributed by atoms with Crippen molar-refractivity contribution in [3.63, 3.8) is 0 Å². The Hall–Kier alpha value is -2.15. The van der Waals surface area contributed by atoms with Gasteiger partial charge in [0.2, 0.25) is 5.82 Å². The smallest absolute Gasteiger partial charge is 0.294 e. The Labute approximate surface area is 164 Å². The lowest BCUT2D eigenvalue weighted by molar-refractivity contribution is 0.311. The van der Waals surface area contributed by atoms with Crippen LogP contribution in [0.4, 0.5) is 11.5 Å². The van der Waals surface area contributed by atoms with Crippen LogP contribution in [0, 0.1) is 5.92 Å². The molecule has 2 heterocycles. The molecule has 0 saturated heterocycles. The summed E-state index contributed by atoms with van der Waals surface area (Å²) in [4.78, 5) is 19.7. The first kappa shape index (κ1) is 18.2. The van der Waals surface area contributed by atoms with Crippen LogP contribution in [-0.4, -0.2) is 37.7 Å². The zero-order chi connectivity index (χ0) is 19.1. The van der Waals surface area contributed by atoms with Gasteiger partial charge < -0.3 is 18.9 Å². The van der Waals surface area contributed by atoms with Crippen LogP contribution in [0.3, 0.4) is 0 Å². The van der Waals surface area contributed by atoms with Crippen molar-refractivity contribution in [1.29, 1.82) is 0 Å². The Morgan fingerprint density at radius 2 is 2.22 bits per heavy atom. The van der Waals surface area contributed by atoms with E-state index in [0.717, 1.165) is 23.3 Å². The minimum atomic E-state index is -0.0961. The van der Waals surface area contributed by atoms with Crippen molar-refractivity contribution in [3.05, 3.63) is 33.8 Å². The number of ether oxygens (including phenoxy) is 2. The fourth-order valence-electron chi connectivity index (χ4n) is 3.99. The van der Waals surface area contributed by atoms with Crippen LogP contribution < -0.4 is 25.4 Å². The third kappa shape index (κ3) is 3.29. The van der Waals surface area contributed by atoms with Gasteiger partial charge in [0.05, 0.1) is 19.3 Å². The van der Waals surface area contributed by atoms with Gasteiger partial charge in [-0.05, 0) is 31.2 Å². The molecular formula is C19H23BClN3O3. The lowest BCUT2D eigenvalue weighted by Crippen LogP contribution is -2.39. The number of aromatic nitrogens is 2. The van der Waals surface area contributed by atoms with Crippen molar-refractivity contribution in [2.45, 2.75) is 32.2 Å². The van der Waals surface area contributed by atoms with Crippen LogP contribution in [0.2, 0.25) is 5.15 Å². The van der Waals surface area contributed by atoms with E-state index in [4.69, 9.17) is 21.1 Å². The molecule has 6 nitrogen and oxygen atoms in total. The van der Waals surface area contributed by atoms with Gasteiger partial charge in [-0.2, -0.15) is 0 Å². The maximum Gasteiger partial charge on any atom is 0.294 e. The minimum Gasteiger partial charge on any atom is -0.497 e. The second-order valence-electron chi connectivity index (χ2n) is 7.20. The Morgan fingerprint density at radius 1 is 1.44 bits per heavy atom. The van der Waals surface area contributed by atoms with E-state index in [-0.39, 0.29) is 11.6 Å². The summed E-state index contributed by atoms with van der Waals surface area (Å²) >= 11 is 6.33. The lowest BCUT2D eigenvalue weighted by Gasteiger charge is -2.32. The molecule has 0 spiro atoms. The fourth-order valence-corrected chi connectivity index (χ4v) is 4.17. The number of methoxy groups -OCH3 is 1. The number of hydrogen-bond acceptors (Lipinski definition) is 5. The van der Waals surface area contributed by atoms with Crippen molar-refractivity contribution >= 4 is 36.4 Å². The first-order valence-corrected chi connectivity index (χ1v) is 9.79. The number of hydrogen-bond donors (Lipinski definition) is 0. The van der Waals surface area contributed by atoms with Crippen LogP contribution in [0.5, 0.6) is 11.5 Å². The highest BCUT2D eigenvalue weighted by atomic mass is 35.5. The first-order valence-electron chi connectivity index (χ1n) is 9.41. The van der Waals surface area contributed by atoms with Crippen LogP contribution in [0.1, 0.15) is 32.2 Å². The molecule has 1 saturated carbocycles. The number of nitrogens with zero attached hydrogens (tertiary/aromatic N) is 3. The van der Waals surface area contributed by atoms with Gasteiger partial charge in [0.1, 0.15) is 31.1 Å². The molecule has 2 aliphatic rings. The van der Waals surface area contributed by atoms with Crippen LogP contribution in [-0.2, 0) is 0 Å². The molecule has 2 aromatic rings. The summed E-state index contributed by atoms with van der Waals surface area (Å²) in [6.07, 6.45) is 4.92. The highest BCUT2D eigenvalue weighted by Gasteiger charge is 2.33. The average Bonchev–Trinajstić information content (AvgIpc) is 3.49. The first-order chi connectivity index (χ1) is 13.0. The number of benzene rings is 1. The molecule has 0 radical (unpaired) electrons. The molecular weight excluding hydrogens is 364 g/mol. The molecule has 1 fully saturated rings. The van der Waals surface area contributed by atoms with Crippen molar-refractivity contribution < 1.29 is 9.47 Å². The van der Waals surface area contributed by atoms with Gasteiger partial charge in [0, 0.05) is 18.3 Å². The van der Waals surface area contributed by atoms with Crippen molar-refractivity contribution in [1.82, 2.24) is 9.55 Å². The molecule has 4 rings (SSSR count). The van der Waals surface area contributed by atoms with E-state index in [9.17, 15) is 4.79 Å². The molecule has 1 aliphatic carbocycles. The second kappa shape index (κ2) is 7.11. The summed E-state index contributed by atoms with van der Waals surface area (Å²) < 4.78 is 13.0. The largest absolute Gasteiger partial charge is 0.497 e. The van der Waals surface area contributed by atoms with Crippen molar-refractivity contribution in [2.75, 3.05) is 25.2 Å². The highest BCUT2D eigenvalue weighted by Crippen LogP contribution is 2.41. The fraction of sp³-hybridized carbons (Fsp3) is 0.474. The number of halogens is 1. The van der Waals surface area contributed by atoms with E-state index in [1.165, 1.54) is 12.8 Å². The van der Waals surface area contributed by atoms with Gasteiger partial charge in [-0.25, -0.2) is 4.98 Å². The van der Waals surface area contributed by atoms with Crippen molar-refractivity contribution in [2.24, 2.45) is 5.92 Å². The van der Waals surface area contributed by atoms with Gasteiger partial charge in [-0.15, -0.1) is 0 Å². The number of fused-ring (bicyclic) bond motifs is 1. The molecule has 142 valence electrons.